The standard InChI is InChI=1S/C17H12F3N3O5S/c1-23-8(5-9(22-23)17(18,19)20)6-3-2-4-7-12(24)10(16(28)29-14(6)7)13(25)11(21)15(26)27/h2-5,11,28H,21H2,1H3,(H,26,27). The lowest BCUT2D eigenvalue weighted by molar-refractivity contribution is -0.141. The van der Waals surface area contributed by atoms with Gasteiger partial charge in [-0.15, -0.1) is 0 Å². The smallest absolute Gasteiger partial charge is 0.435 e. The second-order valence-electron chi connectivity index (χ2n) is 6.01. The molecule has 1 aromatic carbocycles. The number of aliphatic carboxylic acids is 1. The van der Waals surface area contributed by atoms with Crippen LogP contribution >= 0.6 is 11.3 Å². The first-order valence-corrected chi connectivity index (χ1v) is 8.68. The Morgan fingerprint density at radius 2 is 1.97 bits per heavy atom. The van der Waals surface area contributed by atoms with Crippen molar-refractivity contribution >= 4 is 33.2 Å². The first-order chi connectivity index (χ1) is 13.4. The van der Waals surface area contributed by atoms with Gasteiger partial charge in [-0.3, -0.25) is 19.1 Å². The fourth-order valence-electron chi connectivity index (χ4n) is 2.75. The van der Waals surface area contributed by atoms with Crippen molar-refractivity contribution in [2.75, 3.05) is 0 Å². The number of nitrogens with two attached hydrogens (primary N) is 1. The molecule has 3 rings (SSSR count). The van der Waals surface area contributed by atoms with Gasteiger partial charge >= 0.3 is 12.1 Å². The number of aromatic nitrogens is 2. The molecule has 1 atom stereocenters. The van der Waals surface area contributed by atoms with Crippen LogP contribution in [0.15, 0.2) is 29.1 Å². The van der Waals surface area contributed by atoms with Gasteiger partial charge in [0.1, 0.15) is 5.56 Å². The topological polar surface area (TPSA) is 136 Å². The molecular weight excluding hydrogens is 415 g/mol. The number of halogens is 3. The largest absolute Gasteiger partial charge is 0.499 e. The van der Waals surface area contributed by atoms with Crippen molar-refractivity contribution in [3.63, 3.8) is 0 Å². The summed E-state index contributed by atoms with van der Waals surface area (Å²) < 4.78 is 40.0. The molecule has 2 aromatic heterocycles. The number of carboxylic acids is 1. The summed E-state index contributed by atoms with van der Waals surface area (Å²) in [4.78, 5) is 35.9. The third-order valence-corrected chi connectivity index (χ3v) is 5.18. The number of carbonyl (C=O) groups is 2. The Labute approximate surface area is 163 Å². The van der Waals surface area contributed by atoms with Crippen LogP contribution in [0.5, 0.6) is 5.06 Å². The molecule has 8 nitrogen and oxygen atoms in total. The quantitative estimate of drug-likeness (QED) is 0.428. The van der Waals surface area contributed by atoms with Crippen molar-refractivity contribution in [3.8, 4) is 16.3 Å². The fraction of sp³-hybridized carbons (Fsp3) is 0.176. The van der Waals surface area contributed by atoms with Crippen molar-refractivity contribution in [2.45, 2.75) is 12.2 Å². The number of alkyl halides is 3. The molecule has 0 bridgehead atoms. The highest BCUT2D eigenvalue weighted by molar-refractivity contribution is 7.20. The van der Waals surface area contributed by atoms with Gasteiger partial charge in [0.05, 0.1) is 10.4 Å². The molecular formula is C17H12F3N3O5S. The van der Waals surface area contributed by atoms with Crippen molar-refractivity contribution in [2.24, 2.45) is 12.8 Å². The van der Waals surface area contributed by atoms with E-state index in [0.717, 1.165) is 10.7 Å². The van der Waals surface area contributed by atoms with E-state index >= 15 is 0 Å². The molecule has 0 aliphatic heterocycles. The second kappa shape index (κ2) is 6.97. The van der Waals surface area contributed by atoms with E-state index in [-0.39, 0.29) is 21.3 Å². The number of fused-ring (bicyclic) bond motifs is 1. The molecule has 0 fully saturated rings. The van der Waals surface area contributed by atoms with E-state index in [9.17, 15) is 32.7 Å². The van der Waals surface area contributed by atoms with Gasteiger partial charge in [-0.2, -0.15) is 18.3 Å². The molecule has 29 heavy (non-hydrogen) atoms. The number of ketones is 1. The molecule has 0 saturated heterocycles. The molecule has 0 aliphatic rings. The van der Waals surface area contributed by atoms with E-state index in [1.807, 2.05) is 0 Å². The zero-order chi connectivity index (χ0) is 21.7. The summed E-state index contributed by atoms with van der Waals surface area (Å²) >= 11 is 0.551. The number of benzene rings is 1. The molecule has 4 N–H and O–H groups in total. The monoisotopic (exact) mass is 427 g/mol. The minimum absolute atomic E-state index is 0.0271. The zero-order valence-electron chi connectivity index (χ0n) is 14.5. The highest BCUT2D eigenvalue weighted by atomic mass is 32.1. The average molecular weight is 427 g/mol. The van der Waals surface area contributed by atoms with E-state index in [4.69, 9.17) is 10.8 Å². The summed E-state index contributed by atoms with van der Waals surface area (Å²) in [6, 6.07) is 2.87. The Bertz CT molecular complexity index is 1220. The van der Waals surface area contributed by atoms with Crippen LogP contribution in [0, 0.1) is 0 Å². The maximum Gasteiger partial charge on any atom is 0.435 e. The number of aryl methyl sites for hydroxylation is 1. The Hall–Kier alpha value is -3.25. The minimum atomic E-state index is -4.68. The van der Waals surface area contributed by atoms with Crippen LogP contribution in [-0.2, 0) is 18.0 Å². The highest BCUT2D eigenvalue weighted by Crippen LogP contribution is 2.37. The first-order valence-electron chi connectivity index (χ1n) is 7.86. The molecule has 0 radical (unpaired) electrons. The molecule has 0 saturated carbocycles. The highest BCUT2D eigenvalue weighted by Gasteiger charge is 2.35. The van der Waals surface area contributed by atoms with Crippen LogP contribution in [0.1, 0.15) is 16.1 Å². The van der Waals surface area contributed by atoms with Crippen LogP contribution in [0.4, 0.5) is 13.2 Å². The van der Waals surface area contributed by atoms with Gasteiger partial charge in [0.15, 0.2) is 22.6 Å². The van der Waals surface area contributed by atoms with E-state index in [1.165, 1.54) is 25.2 Å². The molecule has 2 heterocycles. The van der Waals surface area contributed by atoms with Crippen molar-refractivity contribution in [1.29, 1.82) is 0 Å². The zero-order valence-corrected chi connectivity index (χ0v) is 15.3. The maximum absolute atomic E-state index is 13.0. The normalized spacial score (nSPS) is 12.9. The van der Waals surface area contributed by atoms with Gasteiger partial charge in [0, 0.05) is 18.0 Å². The number of aromatic hydroxyl groups is 1. The van der Waals surface area contributed by atoms with Gasteiger partial charge in [-0.25, -0.2) is 0 Å². The van der Waals surface area contributed by atoms with Crippen molar-refractivity contribution < 1.29 is 33.0 Å². The Morgan fingerprint density at radius 1 is 1.31 bits per heavy atom. The molecule has 0 spiro atoms. The van der Waals surface area contributed by atoms with Gasteiger partial charge in [0.25, 0.3) is 0 Å². The summed E-state index contributed by atoms with van der Waals surface area (Å²) in [7, 11) is 1.29. The molecule has 1 unspecified atom stereocenters. The molecule has 152 valence electrons. The molecule has 12 heteroatoms. The fourth-order valence-corrected chi connectivity index (χ4v) is 3.79. The summed E-state index contributed by atoms with van der Waals surface area (Å²) in [6.45, 7) is 0. The summed E-state index contributed by atoms with van der Waals surface area (Å²) in [5, 5.41) is 21.6. The van der Waals surface area contributed by atoms with Gasteiger partial charge in [-0.05, 0) is 12.1 Å². The van der Waals surface area contributed by atoms with Gasteiger partial charge < -0.3 is 15.9 Å². The lowest BCUT2D eigenvalue weighted by atomic mass is 10.0. The second-order valence-corrected chi connectivity index (χ2v) is 7.01. The number of Topliss-reactive ketones (excluding diaryl/α,β-unsaturated/α-hetero) is 1. The number of nitrogens with zero attached hydrogens (tertiary/aromatic N) is 2. The predicted octanol–water partition coefficient (Wildman–Crippen LogP) is 1.98. The summed E-state index contributed by atoms with van der Waals surface area (Å²) in [5.41, 5.74) is 2.55. The lowest BCUT2D eigenvalue weighted by Crippen LogP contribution is -2.40. The number of carbonyl (C=O) groups excluding carboxylic acids is 1. The van der Waals surface area contributed by atoms with Crippen molar-refractivity contribution in [1.82, 2.24) is 9.78 Å². The number of carboxylic acid groups (broad SMARTS) is 1. The van der Waals surface area contributed by atoms with Crippen LogP contribution < -0.4 is 11.2 Å². The average Bonchev–Trinajstić information content (AvgIpc) is 3.02. The van der Waals surface area contributed by atoms with Crippen LogP contribution in [0.2, 0.25) is 0 Å². The first kappa shape index (κ1) is 20.5. The summed E-state index contributed by atoms with van der Waals surface area (Å²) in [5.74, 6) is -2.95. The van der Waals surface area contributed by atoms with Crippen LogP contribution in [0.25, 0.3) is 21.3 Å². The third kappa shape index (κ3) is 3.47. The predicted molar refractivity (Wildman–Crippen MR) is 96.9 cm³/mol. The Morgan fingerprint density at radius 3 is 2.52 bits per heavy atom. The Balaban J connectivity index is 2.27. The maximum atomic E-state index is 13.0. The van der Waals surface area contributed by atoms with E-state index in [2.05, 4.69) is 5.10 Å². The van der Waals surface area contributed by atoms with Gasteiger partial charge in [-0.1, -0.05) is 23.5 Å². The molecule has 3 aromatic rings. The molecule has 0 aliphatic carbocycles. The molecule has 0 amide bonds. The third-order valence-electron chi connectivity index (χ3n) is 4.14. The minimum Gasteiger partial charge on any atom is -0.499 e. The Kier molecular flexibility index (Phi) is 4.92. The van der Waals surface area contributed by atoms with Crippen molar-refractivity contribution in [3.05, 3.63) is 45.7 Å². The number of rotatable bonds is 4. The van der Waals surface area contributed by atoms with E-state index < -0.39 is 45.7 Å². The lowest BCUT2D eigenvalue weighted by Gasteiger charge is -2.10. The van der Waals surface area contributed by atoms with Crippen LogP contribution in [-0.4, -0.2) is 37.8 Å². The number of hydrogen-bond acceptors (Lipinski definition) is 7. The van der Waals surface area contributed by atoms with E-state index in [0.29, 0.717) is 11.3 Å². The SMILES string of the molecule is Cn1nc(C(F)(F)F)cc1-c1cccc2c(=O)c(C(=O)C(N)C(=O)O)c(O)sc12. The van der Waals surface area contributed by atoms with Crippen LogP contribution in [0.3, 0.4) is 0 Å². The summed E-state index contributed by atoms with van der Waals surface area (Å²) in [6.07, 6.45) is -4.68. The number of hydrogen-bond donors (Lipinski definition) is 3. The van der Waals surface area contributed by atoms with E-state index in [1.54, 1.807) is 0 Å². The van der Waals surface area contributed by atoms with Gasteiger partial charge in [0.2, 0.25) is 5.43 Å².